The molecule has 19 heavy (non-hydrogen) atoms. The van der Waals surface area contributed by atoms with Crippen LogP contribution in [0, 0.1) is 0 Å². The van der Waals surface area contributed by atoms with Crippen molar-refractivity contribution in [3.63, 3.8) is 0 Å². The largest absolute Gasteiger partial charge is 0.312 e. The molecule has 0 spiro atoms. The second-order valence-corrected chi connectivity index (χ2v) is 6.77. The fraction of sp³-hybridized carbons (Fsp3) is 0.750. The number of thiophene rings is 1. The van der Waals surface area contributed by atoms with E-state index in [0.717, 1.165) is 25.7 Å². The van der Waals surface area contributed by atoms with Gasteiger partial charge >= 0.3 is 0 Å². The summed E-state index contributed by atoms with van der Waals surface area (Å²) in [6, 6.07) is 5.79. The number of rotatable bonds is 7. The highest BCUT2D eigenvalue weighted by molar-refractivity contribution is 7.09. The number of likely N-dealkylation sites (N-methyl/N-ethyl adjacent to an activating group) is 1. The summed E-state index contributed by atoms with van der Waals surface area (Å²) in [5, 5.41) is 5.95. The molecular weight excluding hydrogens is 252 g/mol. The van der Waals surface area contributed by atoms with E-state index >= 15 is 0 Å². The molecule has 3 heteroatoms. The Morgan fingerprint density at radius 3 is 2.79 bits per heavy atom. The highest BCUT2D eigenvalue weighted by Gasteiger charge is 2.17. The van der Waals surface area contributed by atoms with E-state index < -0.39 is 0 Å². The lowest BCUT2D eigenvalue weighted by Crippen LogP contribution is -2.43. The fourth-order valence-corrected chi connectivity index (χ4v) is 3.68. The maximum absolute atomic E-state index is 3.78. The van der Waals surface area contributed by atoms with Crippen molar-refractivity contribution < 1.29 is 0 Å². The summed E-state index contributed by atoms with van der Waals surface area (Å²) in [6.07, 6.45) is 7.03. The van der Waals surface area contributed by atoms with Crippen LogP contribution >= 0.6 is 11.3 Å². The van der Waals surface area contributed by atoms with Crippen LogP contribution < -0.4 is 5.32 Å². The van der Waals surface area contributed by atoms with E-state index in [1.54, 1.807) is 0 Å². The Balaban J connectivity index is 1.74. The van der Waals surface area contributed by atoms with Crippen molar-refractivity contribution in [2.24, 2.45) is 0 Å². The van der Waals surface area contributed by atoms with Gasteiger partial charge in [0.25, 0.3) is 0 Å². The first-order chi connectivity index (χ1) is 9.29. The lowest BCUT2D eigenvalue weighted by Gasteiger charge is -2.30. The van der Waals surface area contributed by atoms with Crippen molar-refractivity contribution in [3.8, 4) is 0 Å². The molecule has 1 aliphatic carbocycles. The quantitative estimate of drug-likeness (QED) is 0.815. The van der Waals surface area contributed by atoms with Gasteiger partial charge in [0.2, 0.25) is 0 Å². The van der Waals surface area contributed by atoms with Gasteiger partial charge in [-0.15, -0.1) is 11.3 Å². The monoisotopic (exact) mass is 280 g/mol. The molecule has 1 aromatic rings. The maximum atomic E-state index is 3.78. The van der Waals surface area contributed by atoms with Gasteiger partial charge in [0.1, 0.15) is 0 Å². The lowest BCUT2D eigenvalue weighted by molar-refractivity contribution is 0.199. The van der Waals surface area contributed by atoms with Crippen molar-refractivity contribution in [2.45, 2.75) is 64.6 Å². The SMILES string of the molecule is CCN(Cc1cccs1)C(C)CNC1CCCCC1. The molecule has 1 unspecified atom stereocenters. The summed E-state index contributed by atoms with van der Waals surface area (Å²) in [7, 11) is 0. The lowest BCUT2D eigenvalue weighted by atomic mass is 9.95. The van der Waals surface area contributed by atoms with Crippen LogP contribution in [-0.2, 0) is 6.54 Å². The normalized spacial score (nSPS) is 18.9. The molecule has 1 fully saturated rings. The zero-order chi connectivity index (χ0) is 13.5. The van der Waals surface area contributed by atoms with Crippen LogP contribution in [0.15, 0.2) is 17.5 Å². The third kappa shape index (κ3) is 4.90. The van der Waals surface area contributed by atoms with Crippen LogP contribution in [0.2, 0.25) is 0 Å². The maximum Gasteiger partial charge on any atom is 0.0331 e. The van der Waals surface area contributed by atoms with Crippen molar-refractivity contribution in [3.05, 3.63) is 22.4 Å². The molecule has 0 amide bonds. The Bertz CT molecular complexity index is 331. The Labute approximate surface area is 122 Å². The molecule has 1 aromatic heterocycles. The first kappa shape index (κ1) is 15.0. The molecule has 1 aliphatic rings. The van der Waals surface area contributed by atoms with E-state index in [9.17, 15) is 0 Å². The molecule has 108 valence electrons. The predicted octanol–water partition coefficient (Wildman–Crippen LogP) is 3.88. The highest BCUT2D eigenvalue weighted by atomic mass is 32.1. The molecule has 0 radical (unpaired) electrons. The first-order valence-corrected chi connectivity index (χ1v) is 8.67. The van der Waals surface area contributed by atoms with Crippen molar-refractivity contribution in [1.82, 2.24) is 10.2 Å². The Hall–Kier alpha value is -0.380. The first-order valence-electron chi connectivity index (χ1n) is 7.79. The van der Waals surface area contributed by atoms with Gasteiger partial charge in [0.15, 0.2) is 0 Å². The Morgan fingerprint density at radius 1 is 1.37 bits per heavy atom. The van der Waals surface area contributed by atoms with Crippen LogP contribution in [0.5, 0.6) is 0 Å². The third-order valence-electron chi connectivity index (χ3n) is 4.28. The predicted molar refractivity (Wildman–Crippen MR) is 84.7 cm³/mol. The minimum absolute atomic E-state index is 0.619. The van der Waals surface area contributed by atoms with Crippen molar-refractivity contribution in [1.29, 1.82) is 0 Å². The highest BCUT2D eigenvalue weighted by Crippen LogP contribution is 2.18. The molecule has 0 aromatic carbocycles. The zero-order valence-corrected chi connectivity index (χ0v) is 13.2. The number of hydrogen-bond acceptors (Lipinski definition) is 3. The van der Waals surface area contributed by atoms with Gasteiger partial charge in [-0.25, -0.2) is 0 Å². The molecule has 0 bridgehead atoms. The van der Waals surface area contributed by atoms with E-state index in [0.29, 0.717) is 6.04 Å². The third-order valence-corrected chi connectivity index (χ3v) is 5.14. The van der Waals surface area contributed by atoms with E-state index in [-0.39, 0.29) is 0 Å². The molecular formula is C16H28N2S. The minimum atomic E-state index is 0.619. The second kappa shape index (κ2) is 8.03. The second-order valence-electron chi connectivity index (χ2n) is 5.73. The summed E-state index contributed by atoms with van der Waals surface area (Å²) in [6.45, 7) is 7.98. The van der Waals surface area contributed by atoms with E-state index in [4.69, 9.17) is 0 Å². The van der Waals surface area contributed by atoms with Crippen LogP contribution in [0.1, 0.15) is 50.8 Å². The molecule has 2 rings (SSSR count). The molecule has 1 heterocycles. The zero-order valence-electron chi connectivity index (χ0n) is 12.4. The summed E-state index contributed by atoms with van der Waals surface area (Å²) in [5.41, 5.74) is 0. The average Bonchev–Trinajstić information content (AvgIpc) is 2.96. The molecule has 1 N–H and O–H groups in total. The Kier molecular flexibility index (Phi) is 6.35. The molecule has 1 atom stereocenters. The summed E-state index contributed by atoms with van der Waals surface area (Å²) >= 11 is 1.87. The molecule has 1 saturated carbocycles. The van der Waals surface area contributed by atoms with Gasteiger partial charge in [-0.1, -0.05) is 32.3 Å². The van der Waals surface area contributed by atoms with Crippen LogP contribution in [0.3, 0.4) is 0 Å². The van der Waals surface area contributed by atoms with Crippen molar-refractivity contribution >= 4 is 11.3 Å². The molecule has 0 saturated heterocycles. The summed E-state index contributed by atoms with van der Waals surface area (Å²) in [4.78, 5) is 4.05. The van der Waals surface area contributed by atoms with Gasteiger partial charge in [-0.05, 0) is 37.8 Å². The van der Waals surface area contributed by atoms with Gasteiger partial charge in [-0.3, -0.25) is 4.90 Å². The van der Waals surface area contributed by atoms with Gasteiger partial charge in [0.05, 0.1) is 0 Å². The van der Waals surface area contributed by atoms with Crippen LogP contribution in [0.4, 0.5) is 0 Å². The van der Waals surface area contributed by atoms with E-state index in [1.807, 2.05) is 11.3 Å². The summed E-state index contributed by atoms with van der Waals surface area (Å²) < 4.78 is 0. The fourth-order valence-electron chi connectivity index (χ4n) is 2.96. The Morgan fingerprint density at radius 2 is 2.16 bits per heavy atom. The number of nitrogens with one attached hydrogen (secondary N) is 1. The van der Waals surface area contributed by atoms with Gasteiger partial charge in [0, 0.05) is 30.1 Å². The standard InChI is InChI=1S/C16H28N2S/c1-3-18(13-16-10-7-11-19-16)14(2)12-17-15-8-5-4-6-9-15/h7,10-11,14-15,17H,3-6,8-9,12-13H2,1-2H3. The van der Waals surface area contributed by atoms with Crippen LogP contribution in [0.25, 0.3) is 0 Å². The van der Waals surface area contributed by atoms with E-state index in [2.05, 4.69) is 41.6 Å². The minimum Gasteiger partial charge on any atom is -0.312 e. The molecule has 0 aliphatic heterocycles. The van der Waals surface area contributed by atoms with Crippen LogP contribution in [-0.4, -0.2) is 30.1 Å². The number of nitrogens with zero attached hydrogens (tertiary/aromatic N) is 1. The average molecular weight is 280 g/mol. The smallest absolute Gasteiger partial charge is 0.0331 e. The topological polar surface area (TPSA) is 15.3 Å². The number of hydrogen-bond donors (Lipinski definition) is 1. The van der Waals surface area contributed by atoms with Gasteiger partial charge < -0.3 is 5.32 Å². The van der Waals surface area contributed by atoms with Gasteiger partial charge in [-0.2, -0.15) is 0 Å². The molecule has 2 nitrogen and oxygen atoms in total. The van der Waals surface area contributed by atoms with E-state index in [1.165, 1.54) is 37.0 Å². The van der Waals surface area contributed by atoms with Crippen molar-refractivity contribution in [2.75, 3.05) is 13.1 Å². The summed E-state index contributed by atoms with van der Waals surface area (Å²) in [5.74, 6) is 0.